The van der Waals surface area contributed by atoms with Crippen LogP contribution in [0.15, 0.2) is 48.8 Å². The fourth-order valence-electron chi connectivity index (χ4n) is 4.03. The zero-order chi connectivity index (χ0) is 20.2. The molecule has 0 spiro atoms. The van der Waals surface area contributed by atoms with E-state index >= 15 is 0 Å². The van der Waals surface area contributed by atoms with Crippen molar-refractivity contribution in [1.29, 1.82) is 0 Å². The average molecular weight is 395 g/mol. The van der Waals surface area contributed by atoms with Gasteiger partial charge in [0.05, 0.1) is 31.3 Å². The molecule has 0 aliphatic carbocycles. The number of hydrogen-bond donors (Lipinski definition) is 0. The second-order valence-corrected chi connectivity index (χ2v) is 7.41. The summed E-state index contributed by atoms with van der Waals surface area (Å²) in [7, 11) is 1.63. The summed E-state index contributed by atoms with van der Waals surface area (Å²) in [6.07, 6.45) is 3.72. The van der Waals surface area contributed by atoms with Crippen molar-refractivity contribution in [1.82, 2.24) is 14.8 Å². The van der Waals surface area contributed by atoms with Gasteiger partial charge in [-0.1, -0.05) is 12.1 Å². The van der Waals surface area contributed by atoms with E-state index in [0.717, 1.165) is 11.3 Å². The van der Waals surface area contributed by atoms with E-state index in [1.165, 1.54) is 0 Å². The van der Waals surface area contributed by atoms with Crippen LogP contribution >= 0.6 is 0 Å². The Hall–Kier alpha value is -2.93. The maximum atomic E-state index is 13.3. The molecular weight excluding hydrogens is 370 g/mol. The molecule has 152 valence electrons. The lowest BCUT2D eigenvalue weighted by molar-refractivity contribution is -0.139. The quantitative estimate of drug-likeness (QED) is 0.792. The number of pyridine rings is 1. The van der Waals surface area contributed by atoms with Crippen LogP contribution in [0.1, 0.15) is 22.3 Å². The van der Waals surface area contributed by atoms with Gasteiger partial charge in [0, 0.05) is 38.6 Å². The highest BCUT2D eigenvalue weighted by Gasteiger charge is 2.40. The van der Waals surface area contributed by atoms with Gasteiger partial charge in [0.25, 0.3) is 5.91 Å². The van der Waals surface area contributed by atoms with E-state index in [1.54, 1.807) is 36.5 Å². The molecule has 0 radical (unpaired) electrons. The standard InChI is InChI=1S/C22H25N3O4/c1-28-18-6-2-4-16(12-18)14-25-10-11-29-20-7-9-24(15-19(20)22(25)27)21(26)17-5-3-8-23-13-17/h2-6,8,12-13,19-20H,7,9-11,14-15H2,1H3. The van der Waals surface area contributed by atoms with Gasteiger partial charge in [0.1, 0.15) is 5.75 Å². The molecule has 4 rings (SSSR count). The molecule has 7 nitrogen and oxygen atoms in total. The normalized spacial score (nSPS) is 22.0. The largest absolute Gasteiger partial charge is 0.497 e. The lowest BCUT2D eigenvalue weighted by Crippen LogP contribution is -2.51. The Kier molecular flexibility index (Phi) is 5.76. The number of fused-ring (bicyclic) bond motifs is 1. The van der Waals surface area contributed by atoms with Gasteiger partial charge in [-0.2, -0.15) is 0 Å². The van der Waals surface area contributed by atoms with Crippen LogP contribution in [0.25, 0.3) is 0 Å². The maximum absolute atomic E-state index is 13.3. The molecule has 2 aromatic rings. The van der Waals surface area contributed by atoms with Crippen LogP contribution in [0.3, 0.4) is 0 Å². The van der Waals surface area contributed by atoms with E-state index < -0.39 is 0 Å². The fraction of sp³-hybridized carbons (Fsp3) is 0.409. The third-order valence-electron chi connectivity index (χ3n) is 5.57. The second-order valence-electron chi connectivity index (χ2n) is 7.41. The van der Waals surface area contributed by atoms with Crippen molar-refractivity contribution in [2.45, 2.75) is 19.1 Å². The van der Waals surface area contributed by atoms with Crippen molar-refractivity contribution in [2.75, 3.05) is 33.4 Å². The molecular formula is C22H25N3O4. The smallest absolute Gasteiger partial charge is 0.255 e. The van der Waals surface area contributed by atoms with Crippen molar-refractivity contribution >= 4 is 11.8 Å². The van der Waals surface area contributed by atoms with Crippen LogP contribution in [0.2, 0.25) is 0 Å². The zero-order valence-corrected chi connectivity index (χ0v) is 16.5. The molecule has 3 heterocycles. The van der Waals surface area contributed by atoms with Crippen molar-refractivity contribution in [2.24, 2.45) is 5.92 Å². The zero-order valence-electron chi connectivity index (χ0n) is 16.5. The molecule has 0 saturated carbocycles. The van der Waals surface area contributed by atoms with Crippen LogP contribution in [0.5, 0.6) is 5.75 Å². The number of methoxy groups -OCH3 is 1. The van der Waals surface area contributed by atoms with Gasteiger partial charge in [0.2, 0.25) is 5.91 Å². The van der Waals surface area contributed by atoms with E-state index in [0.29, 0.717) is 44.8 Å². The summed E-state index contributed by atoms with van der Waals surface area (Å²) in [5.41, 5.74) is 1.55. The highest BCUT2D eigenvalue weighted by Crippen LogP contribution is 2.27. The third kappa shape index (κ3) is 4.24. The second kappa shape index (κ2) is 8.61. The van der Waals surface area contributed by atoms with Crippen LogP contribution in [0, 0.1) is 5.92 Å². The molecule has 29 heavy (non-hydrogen) atoms. The predicted molar refractivity (Wildman–Crippen MR) is 106 cm³/mol. The van der Waals surface area contributed by atoms with Gasteiger partial charge < -0.3 is 19.3 Å². The minimum atomic E-state index is -0.350. The molecule has 7 heteroatoms. The Morgan fingerprint density at radius 1 is 1.28 bits per heavy atom. The molecule has 2 aliphatic heterocycles. The monoisotopic (exact) mass is 395 g/mol. The van der Waals surface area contributed by atoms with Gasteiger partial charge in [-0.25, -0.2) is 0 Å². The number of carbonyl (C=O) groups excluding carboxylic acids is 2. The van der Waals surface area contributed by atoms with Gasteiger partial charge in [-0.3, -0.25) is 14.6 Å². The van der Waals surface area contributed by atoms with Crippen molar-refractivity contribution in [3.05, 3.63) is 59.9 Å². The van der Waals surface area contributed by atoms with Gasteiger partial charge in [-0.15, -0.1) is 0 Å². The Morgan fingerprint density at radius 2 is 2.17 bits per heavy atom. The number of likely N-dealkylation sites (tertiary alicyclic amines) is 1. The molecule has 1 aromatic heterocycles. The van der Waals surface area contributed by atoms with Crippen LogP contribution in [0.4, 0.5) is 0 Å². The molecule has 0 bridgehead atoms. The average Bonchev–Trinajstić information content (AvgIpc) is 2.92. The summed E-state index contributed by atoms with van der Waals surface area (Å²) in [6, 6.07) is 11.2. The summed E-state index contributed by atoms with van der Waals surface area (Å²) >= 11 is 0. The van der Waals surface area contributed by atoms with E-state index in [9.17, 15) is 9.59 Å². The van der Waals surface area contributed by atoms with Crippen LogP contribution < -0.4 is 4.74 Å². The van der Waals surface area contributed by atoms with Gasteiger partial charge in [0.15, 0.2) is 0 Å². The molecule has 2 saturated heterocycles. The lowest BCUT2D eigenvalue weighted by atomic mass is 9.92. The van der Waals surface area contributed by atoms with Crippen molar-refractivity contribution in [3.8, 4) is 5.75 Å². The van der Waals surface area contributed by atoms with Gasteiger partial charge in [-0.05, 0) is 36.2 Å². The highest BCUT2D eigenvalue weighted by atomic mass is 16.5. The first kappa shape index (κ1) is 19.4. The van der Waals surface area contributed by atoms with Crippen LogP contribution in [-0.4, -0.2) is 66.1 Å². The third-order valence-corrected chi connectivity index (χ3v) is 5.57. The SMILES string of the molecule is COc1cccc(CN2CCOC3CCN(C(=O)c4cccnc4)CC3C2=O)c1. The molecule has 2 atom stereocenters. The summed E-state index contributed by atoms with van der Waals surface area (Å²) < 4.78 is 11.3. The van der Waals surface area contributed by atoms with E-state index in [-0.39, 0.29) is 23.8 Å². The maximum Gasteiger partial charge on any atom is 0.255 e. The Morgan fingerprint density at radius 3 is 2.97 bits per heavy atom. The van der Waals surface area contributed by atoms with Crippen LogP contribution in [-0.2, 0) is 16.1 Å². The number of amides is 2. The predicted octanol–water partition coefficient (Wildman–Crippen LogP) is 1.98. The summed E-state index contributed by atoms with van der Waals surface area (Å²) in [5.74, 6) is 0.370. The van der Waals surface area contributed by atoms with Crippen molar-refractivity contribution < 1.29 is 19.1 Å². The lowest BCUT2D eigenvalue weighted by Gasteiger charge is -2.37. The topological polar surface area (TPSA) is 72.0 Å². The number of carbonyl (C=O) groups is 2. The minimum Gasteiger partial charge on any atom is -0.497 e. The molecule has 2 aliphatic rings. The fourth-order valence-corrected chi connectivity index (χ4v) is 4.03. The molecule has 1 aromatic carbocycles. The van der Waals surface area contributed by atoms with Crippen molar-refractivity contribution in [3.63, 3.8) is 0 Å². The number of nitrogens with zero attached hydrogens (tertiary/aromatic N) is 3. The Balaban J connectivity index is 1.49. The number of rotatable bonds is 4. The molecule has 2 amide bonds. The van der Waals surface area contributed by atoms with Gasteiger partial charge >= 0.3 is 0 Å². The summed E-state index contributed by atoms with van der Waals surface area (Å²) in [5, 5.41) is 0. The minimum absolute atomic E-state index is 0.0407. The number of piperidine rings is 1. The number of ether oxygens (including phenoxy) is 2. The summed E-state index contributed by atoms with van der Waals surface area (Å²) in [4.78, 5) is 33.7. The highest BCUT2D eigenvalue weighted by molar-refractivity contribution is 5.94. The van der Waals surface area contributed by atoms with E-state index in [1.807, 2.05) is 29.2 Å². The Bertz CT molecular complexity index is 873. The summed E-state index contributed by atoms with van der Waals surface area (Å²) in [6.45, 7) is 2.50. The number of hydrogen-bond acceptors (Lipinski definition) is 5. The molecule has 0 N–H and O–H groups in total. The Labute approximate surface area is 170 Å². The first-order chi connectivity index (χ1) is 14.2. The number of benzene rings is 1. The first-order valence-electron chi connectivity index (χ1n) is 9.88. The van der Waals surface area contributed by atoms with E-state index in [4.69, 9.17) is 9.47 Å². The molecule has 2 fully saturated rings. The molecule has 2 unspecified atom stereocenters. The number of aromatic nitrogens is 1. The first-order valence-corrected chi connectivity index (χ1v) is 9.88. The van der Waals surface area contributed by atoms with E-state index in [2.05, 4.69) is 4.98 Å².